The summed E-state index contributed by atoms with van der Waals surface area (Å²) in [4.78, 5) is 0. The highest BCUT2D eigenvalue weighted by Gasteiger charge is 2.08. The number of rotatable bonds is 3. The van der Waals surface area contributed by atoms with Crippen LogP contribution in [-0.2, 0) is 0 Å². The molecule has 0 saturated heterocycles. The number of thiocarbonyl (C=S) groups is 1. The van der Waals surface area contributed by atoms with Crippen LogP contribution in [0.3, 0.4) is 0 Å². The highest BCUT2D eigenvalue weighted by atomic mass is 32.2. The average Bonchev–Trinajstić information content (AvgIpc) is 2.19. The van der Waals surface area contributed by atoms with Gasteiger partial charge in [-0.2, -0.15) is 0 Å². The van der Waals surface area contributed by atoms with Gasteiger partial charge in [0.2, 0.25) is 0 Å². The second-order valence-electron chi connectivity index (χ2n) is 2.71. The van der Waals surface area contributed by atoms with Crippen LogP contribution in [0.15, 0.2) is 30.3 Å². The van der Waals surface area contributed by atoms with Crippen LogP contribution in [0.25, 0.3) is 0 Å². The molecule has 0 aliphatic carbocycles. The number of hydrogen-bond donors (Lipinski definition) is 1. The highest BCUT2D eigenvalue weighted by Crippen LogP contribution is 2.19. The zero-order chi connectivity index (χ0) is 9.68. The normalized spacial score (nSPS) is 12.5. The minimum atomic E-state index is -0.457. The molecular weight excluding hydrogens is 200 g/mol. The Hall–Kier alpha value is -0.380. The lowest BCUT2D eigenvalue weighted by Crippen LogP contribution is -2.01. The molecule has 0 saturated carbocycles. The van der Waals surface area contributed by atoms with Gasteiger partial charge >= 0.3 is 0 Å². The number of aliphatic hydroxyl groups is 1. The fourth-order valence-electron chi connectivity index (χ4n) is 1.03. The van der Waals surface area contributed by atoms with Crippen LogP contribution in [0.1, 0.15) is 18.1 Å². The summed E-state index contributed by atoms with van der Waals surface area (Å²) in [5, 5.41) is 9.72. The van der Waals surface area contributed by atoms with Gasteiger partial charge in [-0.15, -0.1) is 11.8 Å². The summed E-state index contributed by atoms with van der Waals surface area (Å²) in [6.45, 7) is 0. The van der Waals surface area contributed by atoms with Crippen LogP contribution in [0, 0.1) is 0 Å². The van der Waals surface area contributed by atoms with Crippen molar-refractivity contribution in [2.24, 2.45) is 0 Å². The minimum Gasteiger partial charge on any atom is -0.388 e. The van der Waals surface area contributed by atoms with Crippen molar-refractivity contribution in [3.05, 3.63) is 35.9 Å². The van der Waals surface area contributed by atoms with E-state index in [1.165, 1.54) is 11.8 Å². The SMILES string of the molecule is CSC(=S)C[C@@H](O)c1ccccc1. The molecule has 0 heterocycles. The van der Waals surface area contributed by atoms with Crippen LogP contribution in [0.5, 0.6) is 0 Å². The van der Waals surface area contributed by atoms with Crippen LogP contribution >= 0.6 is 24.0 Å². The van der Waals surface area contributed by atoms with Gasteiger partial charge in [-0.05, 0) is 11.8 Å². The average molecular weight is 212 g/mol. The molecule has 1 rings (SSSR count). The first-order valence-corrected chi connectivity index (χ1v) is 5.67. The third kappa shape index (κ3) is 3.46. The maximum absolute atomic E-state index is 9.72. The largest absolute Gasteiger partial charge is 0.388 e. The zero-order valence-electron chi connectivity index (χ0n) is 7.43. The zero-order valence-corrected chi connectivity index (χ0v) is 9.07. The minimum absolute atomic E-state index is 0.457. The van der Waals surface area contributed by atoms with E-state index >= 15 is 0 Å². The van der Waals surface area contributed by atoms with E-state index in [0.717, 1.165) is 9.76 Å². The smallest absolute Gasteiger partial charge is 0.0843 e. The topological polar surface area (TPSA) is 20.2 Å². The molecule has 1 N–H and O–H groups in total. The summed E-state index contributed by atoms with van der Waals surface area (Å²) in [6.07, 6.45) is 2.03. The molecule has 1 atom stereocenters. The maximum Gasteiger partial charge on any atom is 0.0843 e. The van der Waals surface area contributed by atoms with Crippen molar-refractivity contribution in [2.75, 3.05) is 6.26 Å². The van der Waals surface area contributed by atoms with Gasteiger partial charge in [-0.3, -0.25) is 0 Å². The Morgan fingerprint density at radius 1 is 1.46 bits per heavy atom. The van der Waals surface area contributed by atoms with Crippen LogP contribution < -0.4 is 0 Å². The van der Waals surface area contributed by atoms with Gasteiger partial charge < -0.3 is 5.11 Å². The van der Waals surface area contributed by atoms with Crippen molar-refractivity contribution in [2.45, 2.75) is 12.5 Å². The third-order valence-corrected chi connectivity index (χ3v) is 3.06. The molecule has 1 aromatic rings. The Bertz CT molecular complexity index is 272. The van der Waals surface area contributed by atoms with E-state index < -0.39 is 6.10 Å². The molecule has 3 heteroatoms. The molecule has 0 unspecified atom stereocenters. The van der Waals surface area contributed by atoms with Crippen LogP contribution in [-0.4, -0.2) is 15.6 Å². The predicted octanol–water partition coefficient (Wildman–Crippen LogP) is 2.80. The molecule has 0 radical (unpaired) electrons. The van der Waals surface area contributed by atoms with Gasteiger partial charge in [-0.25, -0.2) is 0 Å². The van der Waals surface area contributed by atoms with E-state index in [4.69, 9.17) is 12.2 Å². The first-order valence-electron chi connectivity index (χ1n) is 4.04. The molecule has 0 fully saturated rings. The fourth-order valence-corrected chi connectivity index (χ4v) is 1.52. The molecule has 70 valence electrons. The molecule has 0 spiro atoms. The van der Waals surface area contributed by atoms with Gasteiger partial charge in [0.05, 0.1) is 10.3 Å². The summed E-state index contributed by atoms with van der Waals surface area (Å²) >= 11 is 6.55. The summed E-state index contributed by atoms with van der Waals surface area (Å²) in [6, 6.07) is 9.59. The second-order valence-corrected chi connectivity index (χ2v) is 4.36. The summed E-state index contributed by atoms with van der Waals surface area (Å²) in [5.74, 6) is 0. The monoisotopic (exact) mass is 212 g/mol. The molecule has 0 amide bonds. The van der Waals surface area contributed by atoms with E-state index in [1.54, 1.807) is 0 Å². The Kier molecular flexibility index (Phi) is 4.42. The molecular formula is C10H12OS2. The van der Waals surface area contributed by atoms with Gasteiger partial charge in [0.1, 0.15) is 0 Å². The van der Waals surface area contributed by atoms with E-state index in [0.29, 0.717) is 6.42 Å². The van der Waals surface area contributed by atoms with E-state index in [-0.39, 0.29) is 0 Å². The third-order valence-electron chi connectivity index (χ3n) is 1.77. The molecule has 1 aromatic carbocycles. The summed E-state index contributed by atoms with van der Waals surface area (Å²) < 4.78 is 0.844. The van der Waals surface area contributed by atoms with Crippen molar-refractivity contribution >= 4 is 28.2 Å². The summed E-state index contributed by atoms with van der Waals surface area (Å²) in [5.41, 5.74) is 0.930. The van der Waals surface area contributed by atoms with E-state index in [2.05, 4.69) is 0 Å². The number of thioether (sulfide) groups is 1. The first-order chi connectivity index (χ1) is 6.24. The number of benzene rings is 1. The number of aliphatic hydroxyl groups excluding tert-OH is 1. The predicted molar refractivity (Wildman–Crippen MR) is 62.1 cm³/mol. The Morgan fingerprint density at radius 3 is 2.62 bits per heavy atom. The molecule has 1 nitrogen and oxygen atoms in total. The molecule has 0 aromatic heterocycles. The van der Waals surface area contributed by atoms with Crippen LogP contribution in [0.4, 0.5) is 0 Å². The lowest BCUT2D eigenvalue weighted by molar-refractivity contribution is 0.187. The quantitative estimate of drug-likeness (QED) is 0.778. The van der Waals surface area contributed by atoms with Gasteiger partial charge in [0, 0.05) is 6.42 Å². The Morgan fingerprint density at radius 2 is 2.08 bits per heavy atom. The highest BCUT2D eigenvalue weighted by molar-refractivity contribution is 8.22. The van der Waals surface area contributed by atoms with Crippen molar-refractivity contribution in [1.29, 1.82) is 0 Å². The lowest BCUT2D eigenvalue weighted by atomic mass is 10.1. The second kappa shape index (κ2) is 5.37. The molecule has 13 heavy (non-hydrogen) atoms. The van der Waals surface area contributed by atoms with Crippen molar-refractivity contribution in [3.8, 4) is 0 Å². The molecule has 0 aliphatic rings. The molecule has 0 bridgehead atoms. The van der Waals surface area contributed by atoms with Gasteiger partial charge in [-0.1, -0.05) is 42.5 Å². The molecule has 0 aliphatic heterocycles. The maximum atomic E-state index is 9.72. The van der Waals surface area contributed by atoms with Gasteiger partial charge in [0.25, 0.3) is 0 Å². The van der Waals surface area contributed by atoms with E-state index in [9.17, 15) is 5.11 Å². The first kappa shape index (κ1) is 10.7. The Labute approximate surface area is 88.2 Å². The van der Waals surface area contributed by atoms with Crippen molar-refractivity contribution in [1.82, 2.24) is 0 Å². The van der Waals surface area contributed by atoms with Crippen molar-refractivity contribution in [3.63, 3.8) is 0 Å². The van der Waals surface area contributed by atoms with Gasteiger partial charge in [0.15, 0.2) is 0 Å². The Balaban J connectivity index is 2.59. The fraction of sp³-hybridized carbons (Fsp3) is 0.300. The standard InChI is InChI=1S/C10H12OS2/c1-13-10(12)7-9(11)8-5-3-2-4-6-8/h2-6,9,11H,7H2,1H3/t9-/m1/s1. The van der Waals surface area contributed by atoms with E-state index in [1.807, 2.05) is 36.6 Å². The van der Waals surface area contributed by atoms with Crippen LogP contribution in [0.2, 0.25) is 0 Å². The summed E-state index contributed by atoms with van der Waals surface area (Å²) in [7, 11) is 0. The van der Waals surface area contributed by atoms with Crippen molar-refractivity contribution < 1.29 is 5.11 Å². The number of hydrogen-bond acceptors (Lipinski definition) is 3. The lowest BCUT2D eigenvalue weighted by Gasteiger charge is -2.09.